The highest BCUT2D eigenvalue weighted by Crippen LogP contribution is 2.32. The van der Waals surface area contributed by atoms with Crippen molar-refractivity contribution in [1.29, 1.82) is 0 Å². The van der Waals surface area contributed by atoms with Crippen LogP contribution in [0.15, 0.2) is 17.7 Å². The number of nitrogens with zero attached hydrogens (tertiary/aromatic N) is 3. The van der Waals surface area contributed by atoms with Crippen LogP contribution < -0.4 is 5.32 Å². The molecule has 1 aromatic carbocycles. The quantitative estimate of drug-likeness (QED) is 0.709. The number of urea groups is 1. The summed E-state index contributed by atoms with van der Waals surface area (Å²) in [5, 5.41) is 2.99. The number of aryl methyl sites for hydroxylation is 1. The first-order chi connectivity index (χ1) is 13.1. The van der Waals surface area contributed by atoms with Gasteiger partial charge in [-0.1, -0.05) is 5.57 Å². The monoisotopic (exact) mass is 418 g/mol. The van der Waals surface area contributed by atoms with Crippen LogP contribution in [0.1, 0.15) is 29.8 Å². The van der Waals surface area contributed by atoms with Gasteiger partial charge in [-0.3, -0.25) is 5.32 Å². The van der Waals surface area contributed by atoms with Gasteiger partial charge in [-0.15, -0.1) is 0 Å². The number of carbonyl (C=O) groups is 1. The van der Waals surface area contributed by atoms with Crippen LogP contribution in [0.5, 0.6) is 0 Å². The third-order valence-electron chi connectivity index (χ3n) is 4.19. The minimum atomic E-state index is -4.82. The van der Waals surface area contributed by atoms with Gasteiger partial charge < -0.3 is 4.90 Å². The van der Waals surface area contributed by atoms with Gasteiger partial charge in [0.1, 0.15) is 17.5 Å². The molecule has 0 radical (unpaired) electrons. The molecule has 1 N–H and O–H groups in total. The van der Waals surface area contributed by atoms with Crippen LogP contribution in [-0.2, 0) is 6.18 Å². The van der Waals surface area contributed by atoms with Gasteiger partial charge in [-0.05, 0) is 38.0 Å². The topological polar surface area (TPSA) is 58.1 Å². The minimum Gasteiger partial charge on any atom is -0.324 e. The number of amides is 2. The number of nitrogens with one attached hydrogen (secondary N) is 1. The summed E-state index contributed by atoms with van der Waals surface area (Å²) in [4.78, 5) is 17.7. The Kier molecular flexibility index (Phi) is 5.64. The van der Waals surface area contributed by atoms with Crippen LogP contribution in [0.4, 0.5) is 31.9 Å². The minimum absolute atomic E-state index is 0.280. The molecule has 3 rings (SSSR count). The van der Waals surface area contributed by atoms with E-state index in [1.54, 1.807) is 6.92 Å². The van der Waals surface area contributed by atoms with Gasteiger partial charge in [0.05, 0.1) is 5.56 Å². The van der Waals surface area contributed by atoms with Crippen LogP contribution in [0.25, 0.3) is 6.08 Å². The average Bonchev–Trinajstić information content (AvgIpc) is 3.02. The summed E-state index contributed by atoms with van der Waals surface area (Å²) in [6.45, 7) is 2.31. The molecule has 28 heavy (non-hydrogen) atoms. The second kappa shape index (κ2) is 7.82. The van der Waals surface area contributed by atoms with Crippen molar-refractivity contribution in [3.63, 3.8) is 0 Å². The fourth-order valence-corrected chi connectivity index (χ4v) is 3.32. The van der Waals surface area contributed by atoms with E-state index in [9.17, 15) is 26.7 Å². The van der Waals surface area contributed by atoms with Crippen LogP contribution in [-0.4, -0.2) is 33.4 Å². The summed E-state index contributed by atoms with van der Waals surface area (Å²) >= 11 is 1.06. The van der Waals surface area contributed by atoms with Gasteiger partial charge in [-0.2, -0.15) is 17.5 Å². The lowest BCUT2D eigenvalue weighted by molar-refractivity contribution is -0.138. The molecule has 0 spiro atoms. The van der Waals surface area contributed by atoms with Gasteiger partial charge in [0.2, 0.25) is 5.13 Å². The first kappa shape index (κ1) is 20.2. The standard InChI is InChI=1S/C17H15F5N4OS/c1-9-23-15(28-25-9)24-16(27)26-4-2-10(3-5-26)6-12-13(18)7-11(8-14(12)19)17(20,21)22/h6-8H,2-5H2,1H3,(H,23,24,25,27). The Morgan fingerprint density at radius 3 is 2.32 bits per heavy atom. The van der Waals surface area contributed by atoms with E-state index in [1.807, 2.05) is 0 Å². The van der Waals surface area contributed by atoms with E-state index in [-0.39, 0.29) is 18.2 Å². The predicted octanol–water partition coefficient (Wildman–Crippen LogP) is 4.85. The van der Waals surface area contributed by atoms with Crippen LogP contribution >= 0.6 is 11.5 Å². The molecule has 11 heteroatoms. The van der Waals surface area contributed by atoms with Crippen molar-refractivity contribution < 1.29 is 26.7 Å². The van der Waals surface area contributed by atoms with Crippen molar-refractivity contribution in [3.8, 4) is 0 Å². The largest absolute Gasteiger partial charge is 0.416 e. The van der Waals surface area contributed by atoms with E-state index in [2.05, 4.69) is 14.7 Å². The van der Waals surface area contributed by atoms with Gasteiger partial charge in [0.15, 0.2) is 0 Å². The van der Waals surface area contributed by atoms with Crippen molar-refractivity contribution in [2.75, 3.05) is 18.4 Å². The number of halogens is 5. The zero-order valence-corrected chi connectivity index (χ0v) is 15.4. The molecule has 0 atom stereocenters. The van der Waals surface area contributed by atoms with Crippen molar-refractivity contribution >= 4 is 28.8 Å². The number of carbonyl (C=O) groups excluding carboxylic acids is 1. The summed E-state index contributed by atoms with van der Waals surface area (Å²) in [6.07, 6.45) is -2.91. The zero-order chi connectivity index (χ0) is 20.5. The van der Waals surface area contributed by atoms with E-state index < -0.39 is 28.9 Å². The fraction of sp³-hybridized carbons (Fsp3) is 0.353. The number of alkyl halides is 3. The lowest BCUT2D eigenvalue weighted by Gasteiger charge is -2.28. The molecule has 0 bridgehead atoms. The summed E-state index contributed by atoms with van der Waals surface area (Å²) in [6, 6.07) is 0.201. The zero-order valence-electron chi connectivity index (χ0n) is 14.6. The Morgan fingerprint density at radius 2 is 1.82 bits per heavy atom. The Hall–Kier alpha value is -2.56. The van der Waals surface area contributed by atoms with E-state index in [4.69, 9.17) is 0 Å². The highest BCUT2D eigenvalue weighted by molar-refractivity contribution is 7.09. The lowest BCUT2D eigenvalue weighted by Crippen LogP contribution is -2.39. The summed E-state index contributed by atoms with van der Waals surface area (Å²) in [5.74, 6) is -2.00. The SMILES string of the molecule is Cc1nsc(NC(=O)N2CCC(=Cc3c(F)cc(C(F)(F)F)cc3F)CC2)n1. The van der Waals surface area contributed by atoms with Crippen molar-refractivity contribution in [2.45, 2.75) is 25.9 Å². The van der Waals surface area contributed by atoms with E-state index >= 15 is 0 Å². The van der Waals surface area contributed by atoms with Crippen molar-refractivity contribution in [2.24, 2.45) is 0 Å². The molecule has 5 nitrogen and oxygen atoms in total. The number of piperidine rings is 1. The molecule has 0 unspecified atom stereocenters. The Bertz CT molecular complexity index is 892. The molecule has 1 saturated heterocycles. The molecule has 0 aliphatic carbocycles. The molecule has 0 saturated carbocycles. The lowest BCUT2D eigenvalue weighted by atomic mass is 9.99. The number of likely N-dealkylation sites (tertiary alicyclic amines) is 1. The van der Waals surface area contributed by atoms with E-state index in [0.29, 0.717) is 42.5 Å². The third kappa shape index (κ3) is 4.64. The van der Waals surface area contributed by atoms with Crippen molar-refractivity contribution in [3.05, 3.63) is 46.3 Å². The molecule has 1 aliphatic rings. The van der Waals surface area contributed by atoms with Crippen molar-refractivity contribution in [1.82, 2.24) is 14.3 Å². The molecule has 2 heterocycles. The molecule has 150 valence electrons. The number of hydrogen-bond acceptors (Lipinski definition) is 4. The fourth-order valence-electron chi connectivity index (χ4n) is 2.75. The first-order valence-electron chi connectivity index (χ1n) is 8.25. The Morgan fingerprint density at radius 1 is 1.21 bits per heavy atom. The average molecular weight is 418 g/mol. The number of aromatic nitrogens is 2. The third-order valence-corrected chi connectivity index (χ3v) is 4.91. The molecule has 1 aliphatic heterocycles. The highest BCUT2D eigenvalue weighted by Gasteiger charge is 2.32. The van der Waals surface area contributed by atoms with Crippen LogP contribution in [0.2, 0.25) is 0 Å². The molecule has 1 aromatic heterocycles. The molecule has 2 aromatic rings. The number of hydrogen-bond donors (Lipinski definition) is 1. The van der Waals surface area contributed by atoms with Gasteiger partial charge in [0, 0.05) is 30.2 Å². The molecule has 2 amide bonds. The molecular weight excluding hydrogens is 403 g/mol. The maximum Gasteiger partial charge on any atom is 0.416 e. The highest BCUT2D eigenvalue weighted by atomic mass is 32.1. The normalized spacial score (nSPS) is 14.9. The first-order valence-corrected chi connectivity index (χ1v) is 9.03. The number of rotatable bonds is 2. The molecule has 1 fully saturated rings. The Labute approximate surface area is 161 Å². The second-order valence-electron chi connectivity index (χ2n) is 6.22. The van der Waals surface area contributed by atoms with E-state index in [0.717, 1.165) is 11.5 Å². The maximum atomic E-state index is 14.0. The summed E-state index contributed by atoms with van der Waals surface area (Å²) in [5.41, 5.74) is -1.23. The molecular formula is C17H15F5N4OS. The second-order valence-corrected chi connectivity index (χ2v) is 6.97. The summed E-state index contributed by atoms with van der Waals surface area (Å²) in [7, 11) is 0. The van der Waals surface area contributed by atoms with Crippen LogP contribution in [0.3, 0.4) is 0 Å². The smallest absolute Gasteiger partial charge is 0.324 e. The van der Waals surface area contributed by atoms with E-state index in [1.165, 1.54) is 11.0 Å². The van der Waals surface area contributed by atoms with Crippen LogP contribution in [0, 0.1) is 18.6 Å². The predicted molar refractivity (Wildman–Crippen MR) is 93.8 cm³/mol. The van der Waals surface area contributed by atoms with Gasteiger partial charge in [0.25, 0.3) is 0 Å². The van der Waals surface area contributed by atoms with Gasteiger partial charge in [-0.25, -0.2) is 18.6 Å². The maximum absolute atomic E-state index is 14.0. The number of anilines is 1. The number of benzene rings is 1. The van der Waals surface area contributed by atoms with Gasteiger partial charge >= 0.3 is 12.2 Å². The summed E-state index contributed by atoms with van der Waals surface area (Å²) < 4.78 is 69.8. The Balaban J connectivity index is 1.66.